The molecule has 0 N–H and O–H groups in total. The molecule has 105 valence electrons. The van der Waals surface area contributed by atoms with Gasteiger partial charge in [0.2, 0.25) is 0 Å². The molecule has 0 heterocycles. The largest absolute Gasteiger partial charge is 0.307 e. The molecule has 0 saturated heterocycles. The van der Waals surface area contributed by atoms with Gasteiger partial charge in [0.05, 0.1) is 0 Å². The van der Waals surface area contributed by atoms with Gasteiger partial charge in [-0.15, -0.1) is 6.42 Å². The first-order valence-electron chi connectivity index (χ1n) is 5.56. The van der Waals surface area contributed by atoms with E-state index in [1.165, 1.54) is 37.7 Å². The van der Waals surface area contributed by atoms with Crippen molar-refractivity contribution >= 4 is 20.4 Å². The second-order valence-corrected chi connectivity index (χ2v) is 3.12. The van der Waals surface area contributed by atoms with Gasteiger partial charge in [-0.2, -0.15) is 6.08 Å². The second kappa shape index (κ2) is 29.8. The van der Waals surface area contributed by atoms with Crippen molar-refractivity contribution in [1.82, 2.24) is 0 Å². The molecule has 3 nitrogen and oxygen atoms in total. The topological polar surface area (TPSA) is 51.2 Å². The van der Waals surface area contributed by atoms with Crippen LogP contribution in [-0.4, -0.2) is 20.4 Å². The van der Waals surface area contributed by atoms with Crippen molar-refractivity contribution in [3.63, 3.8) is 0 Å². The number of hydrogen-bond acceptors (Lipinski definition) is 3. The molecule has 0 aromatic heterocycles. The smallest absolute Gasteiger partial charge is 0.106 e. The van der Waals surface area contributed by atoms with Crippen molar-refractivity contribution in [3.8, 4) is 0 Å². The summed E-state index contributed by atoms with van der Waals surface area (Å²) in [6, 6.07) is 0. The van der Waals surface area contributed by atoms with Crippen LogP contribution < -0.4 is 0 Å². The van der Waals surface area contributed by atoms with Gasteiger partial charge in [-0.3, -0.25) is 6.08 Å². The van der Waals surface area contributed by atoms with Crippen molar-refractivity contribution in [3.05, 3.63) is 23.8 Å². The normalized spacial score (nSPS) is 10.2. The van der Waals surface area contributed by atoms with Crippen molar-refractivity contribution in [2.75, 3.05) is 0 Å². The summed E-state index contributed by atoms with van der Waals surface area (Å²) in [6.45, 7) is 8.25. The molecule has 0 spiro atoms. The van der Waals surface area contributed by atoms with Crippen molar-refractivity contribution in [2.45, 2.75) is 45.4 Å². The molecule has 0 aromatic carbocycles. The predicted octanol–water partition coefficient (Wildman–Crippen LogP) is 3.09. The van der Waals surface area contributed by atoms with E-state index >= 15 is 0 Å². The van der Waals surface area contributed by atoms with E-state index in [2.05, 4.69) is 25.2 Å². The van der Waals surface area contributed by atoms with Gasteiger partial charge in [0.25, 0.3) is 0 Å². The van der Waals surface area contributed by atoms with Gasteiger partial charge in [0, 0.05) is 17.1 Å². The molecule has 1 aliphatic rings. The van der Waals surface area contributed by atoms with Crippen LogP contribution in [0.5, 0.6) is 0 Å². The maximum absolute atomic E-state index is 8.00. The third kappa shape index (κ3) is 20.4. The van der Waals surface area contributed by atoms with Gasteiger partial charge in [-0.1, -0.05) is 39.0 Å². The molecule has 0 fully saturated rings. The maximum Gasteiger partial charge on any atom is 0.106 e. The Labute approximate surface area is 121 Å². The first-order chi connectivity index (χ1) is 8.43. The Kier molecular flexibility index (Phi) is 42.6. The molecule has 18 heavy (non-hydrogen) atoms. The molecular weight excluding hydrogens is 271 g/mol. The minimum Gasteiger partial charge on any atom is -0.307 e. The summed E-state index contributed by atoms with van der Waals surface area (Å²) in [4.78, 5) is 24.0. The van der Waals surface area contributed by atoms with Crippen LogP contribution in [0.4, 0.5) is 0 Å². The molecule has 0 bridgehead atoms. The Bertz CT molecular complexity index is 198. The summed E-state index contributed by atoms with van der Waals surface area (Å²) in [5, 5.41) is 0. The standard InChI is InChI=1S/C11H17.3CH2O.Mn/c1-2-3-4-5-8-11-9-6-7-10-11;3*1-2;/h6,9H,2-5,7-8H2,1H3;3*1H2;/q-1;;;;. The first-order valence-corrected chi connectivity index (χ1v) is 5.56. The minimum atomic E-state index is 0. The van der Waals surface area contributed by atoms with Gasteiger partial charge in [0.15, 0.2) is 0 Å². The molecular formula is C14H23MnO3-. The summed E-state index contributed by atoms with van der Waals surface area (Å²) in [5.74, 6) is 0. The molecule has 0 unspecified atom stereocenters. The van der Waals surface area contributed by atoms with E-state index in [0.29, 0.717) is 0 Å². The summed E-state index contributed by atoms with van der Waals surface area (Å²) < 4.78 is 0. The fraction of sp³-hybridized carbons (Fsp3) is 0.500. The Hall–Kier alpha value is -0.991. The SMILES string of the molecule is C=O.C=O.C=O.CCCCCCC1=[C-]CC=C1.[Mn]. The molecule has 4 heteroatoms. The van der Waals surface area contributed by atoms with E-state index in [1.54, 1.807) is 0 Å². The Morgan fingerprint density at radius 2 is 1.61 bits per heavy atom. The van der Waals surface area contributed by atoms with Gasteiger partial charge in [-0.25, -0.2) is 11.6 Å². The number of rotatable bonds is 5. The third-order valence-corrected chi connectivity index (χ3v) is 2.07. The van der Waals surface area contributed by atoms with Crippen molar-refractivity contribution in [2.24, 2.45) is 0 Å². The summed E-state index contributed by atoms with van der Waals surface area (Å²) >= 11 is 0. The fourth-order valence-corrected chi connectivity index (χ4v) is 1.36. The molecule has 1 radical (unpaired) electrons. The van der Waals surface area contributed by atoms with E-state index in [9.17, 15) is 0 Å². The summed E-state index contributed by atoms with van der Waals surface area (Å²) in [5.41, 5.74) is 1.43. The number of allylic oxidation sites excluding steroid dienone is 4. The van der Waals surface area contributed by atoms with Crippen LogP contribution in [0.1, 0.15) is 45.4 Å². The van der Waals surface area contributed by atoms with Gasteiger partial charge >= 0.3 is 0 Å². The van der Waals surface area contributed by atoms with E-state index in [0.717, 1.165) is 6.42 Å². The van der Waals surface area contributed by atoms with E-state index in [4.69, 9.17) is 14.4 Å². The van der Waals surface area contributed by atoms with Gasteiger partial charge in [0.1, 0.15) is 20.4 Å². The number of carbonyl (C=O) groups is 3. The number of carbonyl (C=O) groups excluding carboxylic acids is 3. The van der Waals surface area contributed by atoms with Gasteiger partial charge < -0.3 is 14.4 Å². The van der Waals surface area contributed by atoms with Crippen LogP contribution in [0.3, 0.4) is 0 Å². The molecule has 0 aliphatic heterocycles. The third-order valence-electron chi connectivity index (χ3n) is 2.07. The number of unbranched alkanes of at least 4 members (excludes halogenated alkanes) is 3. The fourth-order valence-electron chi connectivity index (χ4n) is 1.36. The average molecular weight is 294 g/mol. The summed E-state index contributed by atoms with van der Waals surface area (Å²) in [6.07, 6.45) is 15.5. The van der Waals surface area contributed by atoms with Crippen LogP contribution in [0, 0.1) is 6.08 Å². The zero-order valence-corrected chi connectivity index (χ0v) is 12.3. The zero-order chi connectivity index (χ0) is 13.9. The van der Waals surface area contributed by atoms with Gasteiger partial charge in [-0.05, 0) is 0 Å². The average Bonchev–Trinajstić information content (AvgIpc) is 2.95. The van der Waals surface area contributed by atoms with E-state index < -0.39 is 0 Å². The Morgan fingerprint density at radius 3 is 2.00 bits per heavy atom. The molecule has 0 aromatic rings. The zero-order valence-electron chi connectivity index (χ0n) is 11.1. The molecule has 0 amide bonds. The summed E-state index contributed by atoms with van der Waals surface area (Å²) in [7, 11) is 0. The monoisotopic (exact) mass is 294 g/mol. The second-order valence-electron chi connectivity index (χ2n) is 3.12. The molecule has 0 saturated carbocycles. The molecule has 0 atom stereocenters. The van der Waals surface area contributed by atoms with E-state index in [1.807, 2.05) is 20.4 Å². The van der Waals surface area contributed by atoms with Crippen LogP contribution in [0.2, 0.25) is 0 Å². The van der Waals surface area contributed by atoms with Crippen LogP contribution in [0.15, 0.2) is 17.7 Å². The Balaban J connectivity index is -0.000000123. The first kappa shape index (κ1) is 25.8. The molecule has 1 aliphatic carbocycles. The quantitative estimate of drug-likeness (QED) is 0.445. The van der Waals surface area contributed by atoms with Crippen molar-refractivity contribution < 1.29 is 31.5 Å². The Morgan fingerprint density at radius 1 is 1.06 bits per heavy atom. The maximum atomic E-state index is 8.00. The predicted molar refractivity (Wildman–Crippen MR) is 70.6 cm³/mol. The molecule has 1 rings (SSSR count). The number of hydrogen-bond donors (Lipinski definition) is 0. The van der Waals surface area contributed by atoms with Crippen LogP contribution in [0.25, 0.3) is 0 Å². The van der Waals surface area contributed by atoms with E-state index in [-0.39, 0.29) is 17.1 Å². The van der Waals surface area contributed by atoms with Crippen LogP contribution >= 0.6 is 0 Å². The van der Waals surface area contributed by atoms with Crippen LogP contribution in [-0.2, 0) is 31.5 Å². The minimum absolute atomic E-state index is 0. The van der Waals surface area contributed by atoms with Crippen molar-refractivity contribution in [1.29, 1.82) is 0 Å².